The van der Waals surface area contributed by atoms with Crippen LogP contribution in [0.1, 0.15) is 11.1 Å². The van der Waals surface area contributed by atoms with Crippen LogP contribution in [0.15, 0.2) is 47.5 Å². The lowest BCUT2D eigenvalue weighted by Gasteiger charge is -2.12. The summed E-state index contributed by atoms with van der Waals surface area (Å²) in [6.45, 7) is 0.770. The van der Waals surface area contributed by atoms with Gasteiger partial charge in [0.2, 0.25) is 0 Å². The summed E-state index contributed by atoms with van der Waals surface area (Å²) in [6, 6.07) is 11.6. The molecule has 30 heavy (non-hydrogen) atoms. The van der Waals surface area contributed by atoms with Crippen LogP contribution in [-0.4, -0.2) is 39.6 Å². The van der Waals surface area contributed by atoms with E-state index in [1.165, 1.54) is 12.1 Å². The van der Waals surface area contributed by atoms with Crippen LogP contribution in [0.3, 0.4) is 0 Å². The molecule has 0 radical (unpaired) electrons. The van der Waals surface area contributed by atoms with Gasteiger partial charge in [-0.3, -0.25) is 4.99 Å². The lowest BCUT2D eigenvalue weighted by molar-refractivity contribution is -0.274. The molecule has 2 rings (SSSR count). The first-order valence-corrected chi connectivity index (χ1v) is 8.90. The van der Waals surface area contributed by atoms with Crippen molar-refractivity contribution in [2.24, 2.45) is 10.7 Å². The van der Waals surface area contributed by atoms with Gasteiger partial charge in [-0.05, 0) is 42.2 Å². The van der Waals surface area contributed by atoms with Crippen molar-refractivity contribution in [2.75, 3.05) is 27.3 Å². The average Bonchev–Trinajstić information content (AvgIpc) is 2.68. The molecule has 0 spiro atoms. The molecule has 0 bridgehead atoms. The molecule has 166 valence electrons. The van der Waals surface area contributed by atoms with E-state index in [-0.39, 0.29) is 48.7 Å². The van der Waals surface area contributed by atoms with Crippen LogP contribution in [0.5, 0.6) is 17.2 Å². The van der Waals surface area contributed by atoms with Crippen molar-refractivity contribution in [3.8, 4) is 17.2 Å². The van der Waals surface area contributed by atoms with Gasteiger partial charge < -0.3 is 25.3 Å². The van der Waals surface area contributed by atoms with E-state index in [0.29, 0.717) is 30.0 Å². The van der Waals surface area contributed by atoms with E-state index < -0.39 is 6.36 Å². The van der Waals surface area contributed by atoms with Gasteiger partial charge in [0.1, 0.15) is 5.75 Å². The van der Waals surface area contributed by atoms with Crippen LogP contribution in [0.4, 0.5) is 13.2 Å². The number of nitrogens with one attached hydrogen (secondary N) is 1. The molecular formula is C20H25F3IN3O3. The highest BCUT2D eigenvalue weighted by atomic mass is 127. The molecule has 0 fully saturated rings. The predicted octanol–water partition coefficient (Wildman–Crippen LogP) is 3.91. The maximum absolute atomic E-state index is 12.4. The number of hydrogen-bond donors (Lipinski definition) is 2. The van der Waals surface area contributed by atoms with Crippen LogP contribution in [-0.2, 0) is 12.8 Å². The fourth-order valence-corrected chi connectivity index (χ4v) is 2.66. The van der Waals surface area contributed by atoms with E-state index in [9.17, 15) is 13.2 Å². The van der Waals surface area contributed by atoms with Gasteiger partial charge in [-0.15, -0.1) is 37.1 Å². The monoisotopic (exact) mass is 539 g/mol. The first-order chi connectivity index (χ1) is 13.8. The zero-order chi connectivity index (χ0) is 21.3. The third kappa shape index (κ3) is 8.56. The summed E-state index contributed by atoms with van der Waals surface area (Å²) in [5.74, 6) is 1.29. The quantitative estimate of drug-likeness (QED) is 0.287. The number of methoxy groups -OCH3 is 2. The molecule has 0 atom stereocenters. The van der Waals surface area contributed by atoms with Crippen molar-refractivity contribution >= 4 is 29.9 Å². The second kappa shape index (κ2) is 12.4. The van der Waals surface area contributed by atoms with E-state index in [1.807, 2.05) is 18.2 Å². The van der Waals surface area contributed by atoms with Crippen LogP contribution in [0.25, 0.3) is 0 Å². The number of para-hydroxylation sites is 1. The molecule has 2 aromatic rings. The fourth-order valence-electron chi connectivity index (χ4n) is 2.66. The van der Waals surface area contributed by atoms with Gasteiger partial charge in [0.15, 0.2) is 17.5 Å². The highest BCUT2D eigenvalue weighted by Crippen LogP contribution is 2.28. The number of benzene rings is 2. The maximum atomic E-state index is 12.4. The highest BCUT2D eigenvalue weighted by molar-refractivity contribution is 14.0. The number of halogens is 4. The molecule has 0 saturated carbocycles. The van der Waals surface area contributed by atoms with Gasteiger partial charge in [0.25, 0.3) is 0 Å². The van der Waals surface area contributed by atoms with E-state index in [2.05, 4.69) is 15.0 Å². The number of hydrogen-bond acceptors (Lipinski definition) is 4. The summed E-state index contributed by atoms with van der Waals surface area (Å²) in [5, 5.41) is 2.98. The molecule has 2 aromatic carbocycles. The summed E-state index contributed by atoms with van der Waals surface area (Å²) in [6.07, 6.45) is -3.78. The summed E-state index contributed by atoms with van der Waals surface area (Å²) >= 11 is 0. The first kappa shape index (κ1) is 25.7. The molecule has 10 heteroatoms. The zero-order valence-electron chi connectivity index (χ0n) is 16.7. The molecule has 0 aliphatic carbocycles. The Kier molecular flexibility index (Phi) is 10.6. The van der Waals surface area contributed by atoms with Gasteiger partial charge in [0, 0.05) is 13.1 Å². The Morgan fingerprint density at radius 2 is 1.70 bits per heavy atom. The third-order valence-corrected chi connectivity index (χ3v) is 4.03. The van der Waals surface area contributed by atoms with Crippen LogP contribution >= 0.6 is 24.0 Å². The van der Waals surface area contributed by atoms with Crippen molar-refractivity contribution < 1.29 is 27.4 Å². The standard InChI is InChI=1S/C20H24F3N3O3.HI/c1-27-17-8-7-14(13-18(17)28-2)9-11-25-19(24)26-12-10-15-5-3-4-6-16(15)29-20(21,22)23;/h3-8,13H,9-12H2,1-2H3,(H3,24,25,26);1H. The number of nitrogens with two attached hydrogens (primary N) is 1. The Morgan fingerprint density at radius 3 is 2.37 bits per heavy atom. The van der Waals surface area contributed by atoms with Gasteiger partial charge in [0.05, 0.1) is 14.2 Å². The Bertz CT molecular complexity index is 832. The van der Waals surface area contributed by atoms with Crippen molar-refractivity contribution in [3.05, 3.63) is 53.6 Å². The second-order valence-electron chi connectivity index (χ2n) is 6.04. The van der Waals surface area contributed by atoms with Gasteiger partial charge in [-0.1, -0.05) is 24.3 Å². The number of ether oxygens (including phenoxy) is 3. The fraction of sp³-hybridized carbons (Fsp3) is 0.350. The van der Waals surface area contributed by atoms with Crippen molar-refractivity contribution in [1.82, 2.24) is 5.32 Å². The minimum Gasteiger partial charge on any atom is -0.493 e. The number of nitrogens with zero attached hydrogens (tertiary/aromatic N) is 1. The van der Waals surface area contributed by atoms with Gasteiger partial charge in [-0.2, -0.15) is 0 Å². The minimum absolute atomic E-state index is 0. The molecule has 0 aromatic heterocycles. The summed E-state index contributed by atoms with van der Waals surface area (Å²) < 4.78 is 51.8. The minimum atomic E-state index is -4.73. The summed E-state index contributed by atoms with van der Waals surface area (Å²) in [4.78, 5) is 4.15. The SMILES string of the molecule is COc1ccc(CCNC(N)=NCCc2ccccc2OC(F)(F)F)cc1OC.I. The van der Waals surface area contributed by atoms with E-state index >= 15 is 0 Å². The summed E-state index contributed by atoms with van der Waals surface area (Å²) in [7, 11) is 3.15. The average molecular weight is 539 g/mol. The number of rotatable bonds is 9. The number of aliphatic imine (C=N–C) groups is 1. The van der Waals surface area contributed by atoms with Gasteiger partial charge in [-0.25, -0.2) is 0 Å². The molecule has 0 heterocycles. The molecule has 0 unspecified atom stereocenters. The smallest absolute Gasteiger partial charge is 0.493 e. The van der Waals surface area contributed by atoms with Gasteiger partial charge >= 0.3 is 6.36 Å². The largest absolute Gasteiger partial charge is 0.573 e. The number of alkyl halides is 3. The molecule has 0 amide bonds. The molecular weight excluding hydrogens is 514 g/mol. The summed E-state index contributed by atoms with van der Waals surface area (Å²) in [5.41, 5.74) is 7.26. The van der Waals surface area contributed by atoms with Crippen molar-refractivity contribution in [2.45, 2.75) is 19.2 Å². The topological polar surface area (TPSA) is 78.1 Å². The maximum Gasteiger partial charge on any atom is 0.573 e. The Labute approximate surface area is 190 Å². The van der Waals surface area contributed by atoms with E-state index in [4.69, 9.17) is 15.2 Å². The predicted molar refractivity (Wildman–Crippen MR) is 120 cm³/mol. The lowest BCUT2D eigenvalue weighted by atomic mass is 10.1. The lowest BCUT2D eigenvalue weighted by Crippen LogP contribution is -2.33. The second-order valence-corrected chi connectivity index (χ2v) is 6.04. The molecule has 3 N–H and O–H groups in total. The first-order valence-electron chi connectivity index (χ1n) is 8.90. The highest BCUT2D eigenvalue weighted by Gasteiger charge is 2.31. The molecule has 0 aliphatic rings. The van der Waals surface area contributed by atoms with Crippen LogP contribution in [0.2, 0.25) is 0 Å². The third-order valence-electron chi connectivity index (χ3n) is 4.03. The van der Waals surface area contributed by atoms with E-state index in [0.717, 1.165) is 5.56 Å². The van der Waals surface area contributed by atoms with Crippen LogP contribution in [0, 0.1) is 0 Å². The van der Waals surface area contributed by atoms with Crippen LogP contribution < -0.4 is 25.3 Å². The molecule has 6 nitrogen and oxygen atoms in total. The van der Waals surface area contributed by atoms with E-state index in [1.54, 1.807) is 26.4 Å². The Balaban J connectivity index is 0.00000450. The Morgan fingerprint density at radius 1 is 1.00 bits per heavy atom. The normalized spacial score (nSPS) is 11.4. The Hall–Kier alpha value is -2.37. The zero-order valence-corrected chi connectivity index (χ0v) is 19.0. The van der Waals surface area contributed by atoms with Crippen molar-refractivity contribution in [3.63, 3.8) is 0 Å². The molecule has 0 aliphatic heterocycles. The number of guanidine groups is 1. The molecule has 0 saturated heterocycles. The van der Waals surface area contributed by atoms with Crippen molar-refractivity contribution in [1.29, 1.82) is 0 Å².